The summed E-state index contributed by atoms with van der Waals surface area (Å²) >= 11 is 5.99. The monoisotopic (exact) mass is 389 g/mol. The Kier molecular flexibility index (Phi) is 8.14. The van der Waals surface area contributed by atoms with Crippen molar-refractivity contribution in [3.05, 3.63) is 64.2 Å². The average Bonchev–Trinajstić information content (AvgIpc) is 2.65. The van der Waals surface area contributed by atoms with Gasteiger partial charge in [0.15, 0.2) is 0 Å². The smallest absolute Gasteiger partial charge is 0.310 e. The summed E-state index contributed by atoms with van der Waals surface area (Å²) in [5.41, 5.74) is 2.40. The van der Waals surface area contributed by atoms with Crippen LogP contribution in [-0.4, -0.2) is 31.6 Å². The molecular weight excluding hydrogens is 366 g/mol. The standard InChI is InChI=1S/C21H24ClNO4/c1-3-26-19-10-9-17(22)14-18(19)21(25)23-12-11-15-5-7-16(8-6-15)13-20(24)27-4-2/h5-10,14H,3-4,11-13H2,1-2H3,(H,23,25). The number of nitrogens with one attached hydrogen (secondary N) is 1. The molecule has 0 aliphatic heterocycles. The Bertz CT molecular complexity index is 774. The summed E-state index contributed by atoms with van der Waals surface area (Å²) in [5, 5.41) is 3.37. The Hall–Kier alpha value is -2.53. The zero-order chi connectivity index (χ0) is 19.6. The van der Waals surface area contributed by atoms with Crippen LogP contribution < -0.4 is 10.1 Å². The van der Waals surface area contributed by atoms with E-state index in [1.54, 1.807) is 25.1 Å². The highest BCUT2D eigenvalue weighted by molar-refractivity contribution is 6.31. The van der Waals surface area contributed by atoms with Gasteiger partial charge in [-0.1, -0.05) is 35.9 Å². The molecule has 0 unspecified atom stereocenters. The number of amides is 1. The minimum absolute atomic E-state index is 0.222. The van der Waals surface area contributed by atoms with Crippen molar-refractivity contribution in [2.75, 3.05) is 19.8 Å². The van der Waals surface area contributed by atoms with Gasteiger partial charge in [-0.25, -0.2) is 0 Å². The summed E-state index contributed by atoms with van der Waals surface area (Å²) in [4.78, 5) is 23.9. The van der Waals surface area contributed by atoms with Crippen molar-refractivity contribution in [1.29, 1.82) is 0 Å². The van der Waals surface area contributed by atoms with E-state index in [4.69, 9.17) is 21.1 Å². The molecule has 5 nitrogen and oxygen atoms in total. The second kappa shape index (κ2) is 10.6. The van der Waals surface area contributed by atoms with Gasteiger partial charge in [-0.3, -0.25) is 9.59 Å². The van der Waals surface area contributed by atoms with Gasteiger partial charge in [-0.15, -0.1) is 0 Å². The second-order valence-electron chi connectivity index (χ2n) is 5.88. The molecule has 0 saturated heterocycles. The van der Waals surface area contributed by atoms with Crippen LogP contribution in [0, 0.1) is 0 Å². The number of hydrogen-bond donors (Lipinski definition) is 1. The Labute approximate surface area is 164 Å². The van der Waals surface area contributed by atoms with Crippen molar-refractivity contribution in [2.45, 2.75) is 26.7 Å². The third kappa shape index (κ3) is 6.61. The number of ether oxygens (including phenoxy) is 2. The van der Waals surface area contributed by atoms with Crippen molar-refractivity contribution in [3.8, 4) is 5.75 Å². The summed E-state index contributed by atoms with van der Waals surface area (Å²) < 4.78 is 10.4. The zero-order valence-electron chi connectivity index (χ0n) is 15.6. The van der Waals surface area contributed by atoms with Crippen molar-refractivity contribution in [2.24, 2.45) is 0 Å². The number of halogens is 1. The van der Waals surface area contributed by atoms with E-state index >= 15 is 0 Å². The molecule has 6 heteroatoms. The molecule has 1 N–H and O–H groups in total. The van der Waals surface area contributed by atoms with Gasteiger partial charge >= 0.3 is 5.97 Å². The molecule has 0 aliphatic rings. The fraction of sp³-hybridized carbons (Fsp3) is 0.333. The van der Waals surface area contributed by atoms with E-state index in [9.17, 15) is 9.59 Å². The van der Waals surface area contributed by atoms with Crippen molar-refractivity contribution in [3.63, 3.8) is 0 Å². The number of benzene rings is 2. The predicted octanol–water partition coefficient (Wildman–Crippen LogP) is 3.82. The number of hydrogen-bond acceptors (Lipinski definition) is 4. The van der Waals surface area contributed by atoms with Crippen LogP contribution in [0.2, 0.25) is 5.02 Å². The summed E-state index contributed by atoms with van der Waals surface area (Å²) in [5.74, 6) is 0.0618. The van der Waals surface area contributed by atoms with E-state index in [1.807, 2.05) is 31.2 Å². The molecule has 0 aliphatic carbocycles. The molecule has 0 bridgehead atoms. The van der Waals surface area contributed by atoms with Gasteiger partial charge in [0.1, 0.15) is 5.75 Å². The van der Waals surface area contributed by atoms with Crippen LogP contribution in [0.5, 0.6) is 5.75 Å². The third-order valence-corrected chi connectivity index (χ3v) is 4.10. The van der Waals surface area contributed by atoms with E-state index in [2.05, 4.69) is 5.32 Å². The Morgan fingerprint density at radius 2 is 1.70 bits per heavy atom. The number of esters is 1. The van der Waals surface area contributed by atoms with Crippen molar-refractivity contribution in [1.82, 2.24) is 5.32 Å². The van der Waals surface area contributed by atoms with E-state index < -0.39 is 0 Å². The van der Waals surface area contributed by atoms with Crippen LogP contribution in [0.4, 0.5) is 0 Å². The molecule has 2 rings (SSSR count). The molecule has 0 saturated carbocycles. The van der Waals surface area contributed by atoms with Gasteiger partial charge < -0.3 is 14.8 Å². The molecule has 0 atom stereocenters. The average molecular weight is 390 g/mol. The summed E-state index contributed by atoms with van der Waals surface area (Å²) in [7, 11) is 0. The lowest BCUT2D eigenvalue weighted by atomic mass is 10.1. The van der Waals surface area contributed by atoms with Gasteiger partial charge in [0, 0.05) is 11.6 Å². The minimum Gasteiger partial charge on any atom is -0.493 e. The first-order valence-corrected chi connectivity index (χ1v) is 9.35. The minimum atomic E-state index is -0.232. The molecule has 27 heavy (non-hydrogen) atoms. The van der Waals surface area contributed by atoms with Gasteiger partial charge in [0.2, 0.25) is 0 Å². The fourth-order valence-electron chi connectivity index (χ4n) is 2.58. The molecule has 0 spiro atoms. The molecule has 0 heterocycles. The van der Waals surface area contributed by atoms with E-state index in [0.717, 1.165) is 11.1 Å². The van der Waals surface area contributed by atoms with Crippen molar-refractivity contribution >= 4 is 23.5 Å². The highest BCUT2D eigenvalue weighted by Gasteiger charge is 2.13. The van der Waals surface area contributed by atoms with E-state index in [0.29, 0.717) is 42.5 Å². The van der Waals surface area contributed by atoms with Crippen LogP contribution >= 0.6 is 11.6 Å². The van der Waals surface area contributed by atoms with E-state index in [-0.39, 0.29) is 18.3 Å². The first-order valence-electron chi connectivity index (χ1n) is 8.97. The summed E-state index contributed by atoms with van der Waals surface area (Å²) in [6.45, 7) is 4.99. The number of rotatable bonds is 9. The SMILES string of the molecule is CCOC(=O)Cc1ccc(CCNC(=O)c2cc(Cl)ccc2OCC)cc1. The highest BCUT2D eigenvalue weighted by Crippen LogP contribution is 2.23. The van der Waals surface area contributed by atoms with Crippen LogP contribution in [0.3, 0.4) is 0 Å². The summed E-state index contributed by atoms with van der Waals surface area (Å²) in [6.07, 6.45) is 0.940. The maximum absolute atomic E-state index is 12.4. The first kappa shape index (κ1) is 20.8. The lowest BCUT2D eigenvalue weighted by molar-refractivity contribution is -0.142. The lowest BCUT2D eigenvalue weighted by Gasteiger charge is -2.11. The van der Waals surface area contributed by atoms with Gasteiger partial charge in [-0.2, -0.15) is 0 Å². The fourth-order valence-corrected chi connectivity index (χ4v) is 2.75. The molecular formula is C21H24ClNO4. The van der Waals surface area contributed by atoms with Crippen LogP contribution in [0.25, 0.3) is 0 Å². The first-order chi connectivity index (χ1) is 13.0. The molecule has 0 radical (unpaired) electrons. The number of carbonyl (C=O) groups is 2. The maximum Gasteiger partial charge on any atom is 0.310 e. The second-order valence-corrected chi connectivity index (χ2v) is 6.31. The molecule has 1 amide bonds. The Morgan fingerprint density at radius 1 is 1.00 bits per heavy atom. The normalized spacial score (nSPS) is 10.3. The Morgan fingerprint density at radius 3 is 2.37 bits per heavy atom. The Balaban J connectivity index is 1.88. The van der Waals surface area contributed by atoms with Crippen LogP contribution in [0.15, 0.2) is 42.5 Å². The zero-order valence-corrected chi connectivity index (χ0v) is 16.3. The predicted molar refractivity (Wildman–Crippen MR) is 105 cm³/mol. The largest absolute Gasteiger partial charge is 0.493 e. The molecule has 144 valence electrons. The maximum atomic E-state index is 12.4. The van der Waals surface area contributed by atoms with Gasteiger partial charge in [0.25, 0.3) is 5.91 Å². The van der Waals surface area contributed by atoms with E-state index in [1.165, 1.54) is 0 Å². The quantitative estimate of drug-likeness (QED) is 0.662. The molecule has 2 aromatic rings. The highest BCUT2D eigenvalue weighted by atomic mass is 35.5. The van der Waals surface area contributed by atoms with Crippen LogP contribution in [0.1, 0.15) is 35.3 Å². The van der Waals surface area contributed by atoms with Crippen LogP contribution in [-0.2, 0) is 22.4 Å². The van der Waals surface area contributed by atoms with Gasteiger partial charge in [0.05, 0.1) is 25.2 Å². The topological polar surface area (TPSA) is 64.6 Å². The van der Waals surface area contributed by atoms with Gasteiger partial charge in [-0.05, 0) is 49.6 Å². The summed E-state index contributed by atoms with van der Waals surface area (Å²) in [6, 6.07) is 12.7. The lowest BCUT2D eigenvalue weighted by Crippen LogP contribution is -2.26. The van der Waals surface area contributed by atoms with Crippen molar-refractivity contribution < 1.29 is 19.1 Å². The number of carbonyl (C=O) groups excluding carboxylic acids is 2. The molecule has 2 aromatic carbocycles. The molecule has 0 fully saturated rings. The molecule has 0 aromatic heterocycles. The third-order valence-electron chi connectivity index (χ3n) is 3.86.